The van der Waals surface area contributed by atoms with Gasteiger partial charge in [-0.15, -0.1) is 0 Å². The molecule has 0 bridgehead atoms. The second-order valence-corrected chi connectivity index (χ2v) is 8.88. The van der Waals surface area contributed by atoms with Crippen LogP contribution in [0.3, 0.4) is 0 Å². The molecule has 6 heteroatoms. The summed E-state index contributed by atoms with van der Waals surface area (Å²) in [5.41, 5.74) is 10.3. The van der Waals surface area contributed by atoms with Gasteiger partial charge in [0.2, 0.25) is 0 Å². The summed E-state index contributed by atoms with van der Waals surface area (Å²) in [7, 11) is 0. The number of benzene rings is 2. The van der Waals surface area contributed by atoms with Crippen LogP contribution in [0.4, 0.5) is 0 Å². The van der Waals surface area contributed by atoms with Crippen LogP contribution < -0.4 is 11.1 Å². The average Bonchev–Trinajstić information content (AvgIpc) is 3.37. The average molecular weight is 416 g/mol. The number of hydrogen-bond acceptors (Lipinski definition) is 4. The first-order valence-corrected chi connectivity index (χ1v) is 11.0. The molecule has 0 saturated carbocycles. The van der Waals surface area contributed by atoms with E-state index in [1.54, 1.807) is 0 Å². The number of amides is 1. The lowest BCUT2D eigenvalue weighted by atomic mass is 9.88. The molecule has 2 aliphatic heterocycles. The number of likely N-dealkylation sites (tertiary alicyclic amines) is 1. The molecule has 2 aromatic carbocycles. The first-order chi connectivity index (χ1) is 15.0. The molecule has 160 valence electrons. The number of nitrogens with one attached hydrogen (secondary N) is 1. The van der Waals surface area contributed by atoms with E-state index >= 15 is 0 Å². The van der Waals surface area contributed by atoms with Gasteiger partial charge in [0, 0.05) is 42.3 Å². The van der Waals surface area contributed by atoms with Gasteiger partial charge in [-0.3, -0.25) is 9.79 Å². The number of aliphatic imine (C=N–C) groups is 1. The van der Waals surface area contributed by atoms with Gasteiger partial charge in [-0.25, -0.2) is 0 Å². The third-order valence-corrected chi connectivity index (χ3v) is 6.76. The van der Waals surface area contributed by atoms with Crippen LogP contribution in [-0.2, 0) is 13.0 Å². The molecular weight excluding hydrogens is 386 g/mol. The summed E-state index contributed by atoms with van der Waals surface area (Å²) in [6, 6.07) is 16.8. The lowest BCUT2D eigenvalue weighted by molar-refractivity contribution is 0.0670. The molecule has 6 nitrogen and oxygen atoms in total. The molecule has 1 amide bonds. The summed E-state index contributed by atoms with van der Waals surface area (Å²) >= 11 is 0. The third kappa shape index (κ3) is 3.78. The number of rotatable bonds is 4. The van der Waals surface area contributed by atoms with E-state index in [0.717, 1.165) is 55.4 Å². The number of hydrogen-bond donors (Lipinski definition) is 2. The summed E-state index contributed by atoms with van der Waals surface area (Å²) in [6.45, 7) is 5.15. The Kier molecular flexibility index (Phi) is 4.93. The highest BCUT2D eigenvalue weighted by molar-refractivity contribution is 6.06. The minimum absolute atomic E-state index is 0.0633. The van der Waals surface area contributed by atoms with E-state index in [1.165, 1.54) is 11.1 Å². The van der Waals surface area contributed by atoms with Crippen molar-refractivity contribution in [2.24, 2.45) is 10.7 Å². The summed E-state index contributed by atoms with van der Waals surface area (Å²) in [4.78, 5) is 19.6. The van der Waals surface area contributed by atoms with Gasteiger partial charge in [0.1, 0.15) is 0 Å². The largest absolute Gasteiger partial charge is 0.370 e. The molecule has 1 saturated heterocycles. The number of nitrogens with two attached hydrogens (primary N) is 1. The zero-order valence-corrected chi connectivity index (χ0v) is 18.0. The molecule has 0 atom stereocenters. The predicted octanol–water partition coefficient (Wildman–Crippen LogP) is 3.09. The Balaban J connectivity index is 1.30. The minimum Gasteiger partial charge on any atom is -0.370 e. The summed E-state index contributed by atoms with van der Waals surface area (Å²) in [5, 5.41) is 4.35. The van der Waals surface area contributed by atoms with E-state index in [2.05, 4.69) is 64.4 Å². The second kappa shape index (κ2) is 7.76. The maximum Gasteiger partial charge on any atom is 0.254 e. The Hall–Kier alpha value is -3.28. The zero-order valence-electron chi connectivity index (χ0n) is 18.0. The number of aryl methyl sites for hydroxylation is 3. The van der Waals surface area contributed by atoms with Crippen molar-refractivity contribution in [3.05, 3.63) is 71.4 Å². The highest BCUT2D eigenvalue weighted by atomic mass is 16.2. The fourth-order valence-corrected chi connectivity index (χ4v) is 4.79. The number of piperidine rings is 1. The van der Waals surface area contributed by atoms with Crippen molar-refractivity contribution in [3.8, 4) is 0 Å². The highest BCUT2D eigenvalue weighted by Crippen LogP contribution is 2.28. The predicted molar refractivity (Wildman–Crippen MR) is 124 cm³/mol. The Morgan fingerprint density at radius 1 is 1.13 bits per heavy atom. The molecule has 5 rings (SSSR count). The summed E-state index contributed by atoms with van der Waals surface area (Å²) in [5.74, 6) is 0.639. The number of carbonyl (C=O) groups excluding carboxylic acids is 1. The molecule has 1 spiro atoms. The van der Waals surface area contributed by atoms with Crippen LogP contribution in [0, 0.1) is 6.92 Å². The Bertz CT molecular complexity index is 1140. The van der Waals surface area contributed by atoms with Crippen molar-refractivity contribution in [2.45, 2.75) is 38.3 Å². The highest BCUT2D eigenvalue weighted by Gasteiger charge is 2.39. The molecule has 1 aromatic heterocycles. The van der Waals surface area contributed by atoms with Crippen LogP contribution in [0.25, 0.3) is 10.9 Å². The Morgan fingerprint density at radius 2 is 1.90 bits per heavy atom. The minimum atomic E-state index is -0.0633. The monoisotopic (exact) mass is 415 g/mol. The fraction of sp³-hybridized carbons (Fsp3) is 0.360. The first kappa shape index (κ1) is 19.7. The van der Waals surface area contributed by atoms with Crippen LogP contribution in [0.5, 0.6) is 0 Å². The molecule has 3 aromatic rings. The second-order valence-electron chi connectivity index (χ2n) is 8.88. The van der Waals surface area contributed by atoms with Crippen molar-refractivity contribution < 1.29 is 4.79 Å². The molecule has 0 aliphatic carbocycles. The molecule has 1 fully saturated rings. The van der Waals surface area contributed by atoms with Crippen molar-refractivity contribution in [1.29, 1.82) is 0 Å². The molecule has 0 unspecified atom stereocenters. The Morgan fingerprint density at radius 3 is 2.61 bits per heavy atom. The fourth-order valence-electron chi connectivity index (χ4n) is 4.79. The van der Waals surface area contributed by atoms with Crippen LogP contribution in [0.2, 0.25) is 0 Å². The molecule has 3 heterocycles. The topological polar surface area (TPSA) is 75.7 Å². The number of nitrogens with zero attached hydrogens (tertiary/aromatic N) is 3. The van der Waals surface area contributed by atoms with E-state index in [4.69, 9.17) is 5.73 Å². The first-order valence-electron chi connectivity index (χ1n) is 11.0. The standard InChI is InChI=1S/C25H29N5O/c1-18-5-7-19(8-6-18)9-13-29-14-10-20-21(3-2-4-22(20)29)23(31)30-15-11-25(12-16-30)17-27-24(26)28-25/h2-8,10,14H,9,11-13,15-17H2,1H3,(H3,26,27,28). The number of aromatic nitrogens is 1. The van der Waals surface area contributed by atoms with E-state index in [9.17, 15) is 4.79 Å². The Labute approximate surface area is 182 Å². The smallest absolute Gasteiger partial charge is 0.254 e. The van der Waals surface area contributed by atoms with Crippen molar-refractivity contribution >= 4 is 22.8 Å². The van der Waals surface area contributed by atoms with Gasteiger partial charge in [0.05, 0.1) is 12.1 Å². The SMILES string of the molecule is Cc1ccc(CCn2ccc3c(C(=O)N4CCC5(CC4)CN=C(N)N5)cccc32)cc1. The molecule has 3 N–H and O–H groups in total. The van der Waals surface area contributed by atoms with Gasteiger partial charge in [0.25, 0.3) is 5.91 Å². The summed E-state index contributed by atoms with van der Waals surface area (Å²) in [6.07, 6.45) is 4.81. The van der Waals surface area contributed by atoms with Gasteiger partial charge in [0.15, 0.2) is 5.96 Å². The lowest BCUT2D eigenvalue weighted by Crippen LogP contribution is -2.55. The van der Waals surface area contributed by atoms with Crippen LogP contribution in [-0.4, -0.2) is 46.5 Å². The van der Waals surface area contributed by atoms with Gasteiger partial charge in [-0.1, -0.05) is 35.9 Å². The molecular formula is C25H29N5O. The molecule has 31 heavy (non-hydrogen) atoms. The van der Waals surface area contributed by atoms with E-state index < -0.39 is 0 Å². The van der Waals surface area contributed by atoms with E-state index in [0.29, 0.717) is 12.5 Å². The zero-order chi connectivity index (χ0) is 21.4. The van der Waals surface area contributed by atoms with Gasteiger partial charge in [-0.05, 0) is 49.9 Å². The molecule has 2 aliphatic rings. The summed E-state index contributed by atoms with van der Waals surface area (Å²) < 4.78 is 2.25. The van der Waals surface area contributed by atoms with Crippen LogP contribution >= 0.6 is 0 Å². The maximum atomic E-state index is 13.3. The van der Waals surface area contributed by atoms with Crippen LogP contribution in [0.15, 0.2) is 59.7 Å². The maximum absolute atomic E-state index is 13.3. The van der Waals surface area contributed by atoms with Crippen LogP contribution in [0.1, 0.15) is 34.3 Å². The van der Waals surface area contributed by atoms with Crippen molar-refractivity contribution in [2.75, 3.05) is 19.6 Å². The number of fused-ring (bicyclic) bond motifs is 1. The third-order valence-electron chi connectivity index (χ3n) is 6.76. The molecule has 0 radical (unpaired) electrons. The van der Waals surface area contributed by atoms with Gasteiger partial charge in [-0.2, -0.15) is 0 Å². The quantitative estimate of drug-likeness (QED) is 0.688. The van der Waals surface area contributed by atoms with Crippen molar-refractivity contribution in [3.63, 3.8) is 0 Å². The van der Waals surface area contributed by atoms with Gasteiger partial charge < -0.3 is 20.5 Å². The normalized spacial score (nSPS) is 17.7. The lowest BCUT2D eigenvalue weighted by Gasteiger charge is -2.39. The van der Waals surface area contributed by atoms with E-state index in [1.807, 2.05) is 17.0 Å². The number of carbonyl (C=O) groups is 1. The van der Waals surface area contributed by atoms with E-state index in [-0.39, 0.29) is 11.4 Å². The van der Waals surface area contributed by atoms with Gasteiger partial charge >= 0.3 is 0 Å². The van der Waals surface area contributed by atoms with Crippen molar-refractivity contribution in [1.82, 2.24) is 14.8 Å². The number of guanidine groups is 1.